The molecule has 0 unspecified atom stereocenters. The van der Waals surface area contributed by atoms with Gasteiger partial charge in [0, 0.05) is 30.8 Å². The fourth-order valence-electron chi connectivity index (χ4n) is 2.75. The Hall–Kier alpha value is -2.62. The molecule has 25 heavy (non-hydrogen) atoms. The molecule has 0 fully saturated rings. The van der Waals surface area contributed by atoms with E-state index in [0.29, 0.717) is 12.1 Å². The number of benzene rings is 2. The van der Waals surface area contributed by atoms with Crippen LogP contribution in [0.2, 0.25) is 0 Å². The molecule has 0 aliphatic rings. The molecule has 0 aromatic heterocycles. The highest BCUT2D eigenvalue weighted by Crippen LogP contribution is 2.15. The van der Waals surface area contributed by atoms with Gasteiger partial charge in [0.05, 0.1) is 0 Å². The lowest BCUT2D eigenvalue weighted by molar-refractivity contribution is -0.120. The molecule has 0 aliphatic heterocycles. The van der Waals surface area contributed by atoms with Crippen molar-refractivity contribution in [1.82, 2.24) is 4.90 Å². The number of hydrogen-bond acceptors (Lipinski definition) is 2. The Morgan fingerprint density at radius 1 is 0.960 bits per heavy atom. The molecular weight excluding hydrogens is 312 g/mol. The third-order valence-corrected chi connectivity index (χ3v) is 4.37. The topological polar surface area (TPSA) is 49.4 Å². The van der Waals surface area contributed by atoms with Gasteiger partial charge >= 0.3 is 0 Å². The number of amides is 2. The van der Waals surface area contributed by atoms with Gasteiger partial charge in [0.15, 0.2) is 0 Å². The molecule has 0 saturated carbocycles. The summed E-state index contributed by atoms with van der Waals surface area (Å²) in [7, 11) is 1.79. The van der Waals surface area contributed by atoms with Gasteiger partial charge in [0.2, 0.25) is 5.91 Å². The number of carbonyl (C=O) groups excluding carboxylic acids is 2. The average Bonchev–Trinajstić information content (AvgIpc) is 2.63. The number of hydrogen-bond donors (Lipinski definition) is 1. The summed E-state index contributed by atoms with van der Waals surface area (Å²) < 4.78 is 0. The monoisotopic (exact) mass is 338 g/mol. The Morgan fingerprint density at radius 3 is 2.12 bits per heavy atom. The minimum atomic E-state index is -0.0401. The number of carbonyl (C=O) groups is 2. The lowest BCUT2D eigenvalue weighted by atomic mass is 10.0. The number of nitrogens with zero attached hydrogens (tertiary/aromatic N) is 1. The Labute approximate surface area is 149 Å². The second-order valence-electron chi connectivity index (χ2n) is 6.23. The van der Waals surface area contributed by atoms with E-state index in [0.717, 1.165) is 24.1 Å². The maximum atomic E-state index is 12.5. The molecule has 0 aliphatic carbocycles. The van der Waals surface area contributed by atoms with Crippen LogP contribution in [0.1, 0.15) is 42.6 Å². The smallest absolute Gasteiger partial charge is 0.253 e. The Morgan fingerprint density at radius 2 is 1.56 bits per heavy atom. The number of rotatable bonds is 7. The van der Waals surface area contributed by atoms with Crippen LogP contribution in [0.4, 0.5) is 5.69 Å². The van der Waals surface area contributed by atoms with Crippen LogP contribution < -0.4 is 5.32 Å². The molecule has 1 N–H and O–H groups in total. The van der Waals surface area contributed by atoms with Crippen molar-refractivity contribution in [3.05, 3.63) is 65.7 Å². The predicted octanol–water partition coefficient (Wildman–Crippen LogP) is 4.33. The first-order valence-electron chi connectivity index (χ1n) is 8.75. The summed E-state index contributed by atoms with van der Waals surface area (Å²) in [4.78, 5) is 26.3. The third-order valence-electron chi connectivity index (χ3n) is 4.37. The zero-order chi connectivity index (χ0) is 18.2. The van der Waals surface area contributed by atoms with Crippen molar-refractivity contribution in [2.75, 3.05) is 12.4 Å². The van der Waals surface area contributed by atoms with Crippen molar-refractivity contribution < 1.29 is 9.59 Å². The van der Waals surface area contributed by atoms with Crippen LogP contribution in [0, 0.1) is 5.92 Å². The van der Waals surface area contributed by atoms with Gasteiger partial charge in [-0.25, -0.2) is 0 Å². The molecule has 4 heteroatoms. The van der Waals surface area contributed by atoms with Crippen molar-refractivity contribution in [3.63, 3.8) is 0 Å². The molecule has 2 rings (SSSR count). The van der Waals surface area contributed by atoms with Crippen molar-refractivity contribution in [3.8, 4) is 0 Å². The van der Waals surface area contributed by atoms with Gasteiger partial charge in [-0.15, -0.1) is 0 Å². The highest BCUT2D eigenvalue weighted by atomic mass is 16.2. The zero-order valence-electron chi connectivity index (χ0n) is 15.2. The van der Waals surface area contributed by atoms with Gasteiger partial charge in [0.1, 0.15) is 0 Å². The molecule has 0 radical (unpaired) electrons. The lowest BCUT2D eigenvalue weighted by Gasteiger charge is -2.18. The second kappa shape index (κ2) is 9.02. The molecular formula is C21H26N2O2. The van der Waals surface area contributed by atoms with E-state index >= 15 is 0 Å². The standard InChI is InChI=1S/C21H26N2O2/c1-4-17(5-2)20(24)22-19-13-11-18(12-14-19)21(25)23(3)15-16-9-7-6-8-10-16/h6-14,17H,4-5,15H2,1-3H3,(H,22,24). The first kappa shape index (κ1) is 18.7. The zero-order valence-corrected chi connectivity index (χ0v) is 15.2. The molecule has 132 valence electrons. The third kappa shape index (κ3) is 5.18. The largest absolute Gasteiger partial charge is 0.337 e. The van der Waals surface area contributed by atoms with Crippen molar-refractivity contribution in [2.24, 2.45) is 5.92 Å². The van der Waals surface area contributed by atoms with Gasteiger partial charge in [0.25, 0.3) is 5.91 Å². The van der Waals surface area contributed by atoms with Crippen LogP contribution in [-0.2, 0) is 11.3 Å². The summed E-state index contributed by atoms with van der Waals surface area (Å²) in [6.07, 6.45) is 1.65. The van der Waals surface area contributed by atoms with Crippen LogP contribution in [0.3, 0.4) is 0 Å². The van der Waals surface area contributed by atoms with Crippen LogP contribution >= 0.6 is 0 Å². The van der Waals surface area contributed by atoms with Gasteiger partial charge < -0.3 is 10.2 Å². The van der Waals surface area contributed by atoms with Gasteiger partial charge in [-0.1, -0.05) is 44.2 Å². The van der Waals surface area contributed by atoms with E-state index in [4.69, 9.17) is 0 Å². The minimum Gasteiger partial charge on any atom is -0.337 e. The first-order valence-corrected chi connectivity index (χ1v) is 8.75. The second-order valence-corrected chi connectivity index (χ2v) is 6.23. The summed E-state index contributed by atoms with van der Waals surface area (Å²) in [6.45, 7) is 4.59. The van der Waals surface area contributed by atoms with E-state index in [-0.39, 0.29) is 17.7 Å². The van der Waals surface area contributed by atoms with E-state index in [1.807, 2.05) is 44.2 Å². The fourth-order valence-corrected chi connectivity index (χ4v) is 2.75. The minimum absolute atomic E-state index is 0.0262. The number of nitrogens with one attached hydrogen (secondary N) is 1. The average molecular weight is 338 g/mol. The van der Waals surface area contributed by atoms with Crippen LogP contribution in [0.25, 0.3) is 0 Å². The van der Waals surface area contributed by atoms with Crippen molar-refractivity contribution in [2.45, 2.75) is 33.2 Å². The van der Waals surface area contributed by atoms with E-state index in [2.05, 4.69) is 5.32 Å². The molecule has 0 heterocycles. The first-order chi connectivity index (χ1) is 12.0. The predicted molar refractivity (Wildman–Crippen MR) is 101 cm³/mol. The van der Waals surface area contributed by atoms with Gasteiger partial charge in [-0.05, 0) is 42.7 Å². The molecule has 0 bridgehead atoms. The van der Waals surface area contributed by atoms with Crippen LogP contribution in [-0.4, -0.2) is 23.8 Å². The van der Waals surface area contributed by atoms with Crippen molar-refractivity contribution >= 4 is 17.5 Å². The summed E-state index contributed by atoms with van der Waals surface area (Å²) in [5.74, 6) is 0.0188. The molecule has 0 saturated heterocycles. The quantitative estimate of drug-likeness (QED) is 0.817. The lowest BCUT2D eigenvalue weighted by Crippen LogP contribution is -2.26. The SMILES string of the molecule is CCC(CC)C(=O)Nc1ccc(C(=O)N(C)Cc2ccccc2)cc1. The maximum Gasteiger partial charge on any atom is 0.253 e. The fraction of sp³-hybridized carbons (Fsp3) is 0.333. The van der Waals surface area contributed by atoms with E-state index in [1.165, 1.54) is 0 Å². The maximum absolute atomic E-state index is 12.5. The summed E-state index contributed by atoms with van der Waals surface area (Å²) in [5, 5.41) is 2.92. The van der Waals surface area contributed by atoms with E-state index < -0.39 is 0 Å². The van der Waals surface area contributed by atoms with E-state index in [1.54, 1.807) is 36.2 Å². The molecule has 0 atom stereocenters. The summed E-state index contributed by atoms with van der Waals surface area (Å²) in [6, 6.07) is 17.0. The molecule has 2 aromatic rings. The van der Waals surface area contributed by atoms with Gasteiger partial charge in [-0.3, -0.25) is 9.59 Å². The van der Waals surface area contributed by atoms with Crippen LogP contribution in [0.5, 0.6) is 0 Å². The van der Waals surface area contributed by atoms with Crippen LogP contribution in [0.15, 0.2) is 54.6 Å². The summed E-state index contributed by atoms with van der Waals surface area (Å²) in [5.41, 5.74) is 2.42. The highest BCUT2D eigenvalue weighted by Gasteiger charge is 2.15. The summed E-state index contributed by atoms with van der Waals surface area (Å²) >= 11 is 0. The highest BCUT2D eigenvalue weighted by molar-refractivity contribution is 5.96. The molecule has 2 amide bonds. The Balaban J connectivity index is 1.99. The van der Waals surface area contributed by atoms with Gasteiger partial charge in [-0.2, -0.15) is 0 Å². The van der Waals surface area contributed by atoms with Crippen molar-refractivity contribution in [1.29, 1.82) is 0 Å². The molecule has 0 spiro atoms. The molecule has 2 aromatic carbocycles. The Kier molecular flexibility index (Phi) is 6.75. The molecule has 4 nitrogen and oxygen atoms in total. The Bertz CT molecular complexity index is 692. The van der Waals surface area contributed by atoms with E-state index in [9.17, 15) is 9.59 Å². The normalized spacial score (nSPS) is 10.6. The number of anilines is 1.